The molecule has 1 N–H and O–H groups in total. The third-order valence-corrected chi connectivity index (χ3v) is 3.83. The Balaban J connectivity index is 5.14. The predicted octanol–water partition coefficient (Wildman–Crippen LogP) is 3.42. The Morgan fingerprint density at radius 1 is 1.21 bits per heavy atom. The largest absolute Gasteiger partial charge is 0.481 e. The number of hydrogen-bond acceptors (Lipinski definition) is 1. The summed E-state index contributed by atoms with van der Waals surface area (Å²) in [6.07, 6.45) is 0.708. The number of carbonyl (C=O) groups is 1. The summed E-state index contributed by atoms with van der Waals surface area (Å²) in [6, 6.07) is 0. The number of carboxylic acid groups (broad SMARTS) is 1. The summed E-state index contributed by atoms with van der Waals surface area (Å²) in [7, 11) is 0. The lowest BCUT2D eigenvalue weighted by Crippen LogP contribution is -2.43. The molecule has 84 valence electrons. The minimum atomic E-state index is -0.642. The van der Waals surface area contributed by atoms with Gasteiger partial charge in [-0.25, -0.2) is 0 Å². The molecular formula is C12H24O2. The summed E-state index contributed by atoms with van der Waals surface area (Å²) in [6.45, 7) is 12.3. The third-order valence-electron chi connectivity index (χ3n) is 3.83. The Hall–Kier alpha value is -0.530. The molecule has 0 aromatic carbocycles. The van der Waals surface area contributed by atoms with Crippen molar-refractivity contribution in [3.05, 3.63) is 0 Å². The van der Waals surface area contributed by atoms with Crippen LogP contribution in [0.4, 0.5) is 0 Å². The van der Waals surface area contributed by atoms with Gasteiger partial charge in [-0.1, -0.05) is 41.5 Å². The van der Waals surface area contributed by atoms with Crippen molar-refractivity contribution >= 4 is 5.97 Å². The lowest BCUT2D eigenvalue weighted by atomic mass is 9.63. The van der Waals surface area contributed by atoms with Crippen molar-refractivity contribution < 1.29 is 9.90 Å². The van der Waals surface area contributed by atoms with Crippen molar-refractivity contribution in [1.29, 1.82) is 0 Å². The average Bonchev–Trinajstić information content (AvgIpc) is 2.04. The van der Waals surface area contributed by atoms with Crippen molar-refractivity contribution in [3.63, 3.8) is 0 Å². The third kappa shape index (κ3) is 2.10. The smallest absolute Gasteiger partial charge is 0.310 e. The van der Waals surface area contributed by atoms with Gasteiger partial charge in [0.05, 0.1) is 5.41 Å². The zero-order valence-electron chi connectivity index (χ0n) is 10.3. The number of rotatable bonds is 5. The molecule has 0 radical (unpaired) electrons. The second kappa shape index (κ2) is 4.81. The first-order valence-electron chi connectivity index (χ1n) is 5.54. The minimum absolute atomic E-state index is 0.183. The zero-order chi connectivity index (χ0) is 11.5. The number of carboxylic acids is 1. The van der Waals surface area contributed by atoms with Gasteiger partial charge >= 0.3 is 5.97 Å². The van der Waals surface area contributed by atoms with Crippen LogP contribution in [0.3, 0.4) is 0 Å². The molecule has 0 fully saturated rings. The first kappa shape index (κ1) is 13.5. The van der Waals surface area contributed by atoms with Gasteiger partial charge in [-0.15, -0.1) is 0 Å². The fourth-order valence-corrected chi connectivity index (χ4v) is 2.44. The van der Waals surface area contributed by atoms with Crippen LogP contribution in [0.25, 0.3) is 0 Å². The second-order valence-corrected chi connectivity index (χ2v) is 4.89. The SMILES string of the molecule is CCC(C(=O)O)(C(C)C)C(C)C(C)C. The molecule has 0 bridgehead atoms. The highest BCUT2D eigenvalue weighted by atomic mass is 16.4. The van der Waals surface area contributed by atoms with Gasteiger partial charge in [-0.2, -0.15) is 0 Å². The molecule has 2 heteroatoms. The number of hydrogen-bond donors (Lipinski definition) is 1. The molecule has 0 heterocycles. The molecule has 0 aliphatic rings. The van der Waals surface area contributed by atoms with E-state index in [0.717, 1.165) is 0 Å². The molecule has 0 aromatic rings. The van der Waals surface area contributed by atoms with Gasteiger partial charge in [0.15, 0.2) is 0 Å². The average molecular weight is 200 g/mol. The fraction of sp³-hybridized carbons (Fsp3) is 0.917. The quantitative estimate of drug-likeness (QED) is 0.738. The van der Waals surface area contributed by atoms with Crippen molar-refractivity contribution in [3.8, 4) is 0 Å². The van der Waals surface area contributed by atoms with Crippen molar-refractivity contribution in [2.45, 2.75) is 48.0 Å². The summed E-state index contributed by atoms with van der Waals surface area (Å²) >= 11 is 0. The summed E-state index contributed by atoms with van der Waals surface area (Å²) < 4.78 is 0. The fourth-order valence-electron chi connectivity index (χ4n) is 2.44. The van der Waals surface area contributed by atoms with Crippen molar-refractivity contribution in [2.24, 2.45) is 23.2 Å². The summed E-state index contributed by atoms with van der Waals surface area (Å²) in [5.74, 6) is 0.164. The molecule has 2 unspecified atom stereocenters. The Bertz CT molecular complexity index is 196. The van der Waals surface area contributed by atoms with Crippen LogP contribution in [0.2, 0.25) is 0 Å². The van der Waals surface area contributed by atoms with E-state index in [9.17, 15) is 9.90 Å². The van der Waals surface area contributed by atoms with Crippen LogP contribution in [-0.4, -0.2) is 11.1 Å². The normalized spacial score (nSPS) is 18.3. The minimum Gasteiger partial charge on any atom is -0.481 e. The van der Waals surface area contributed by atoms with E-state index in [-0.39, 0.29) is 11.8 Å². The highest BCUT2D eigenvalue weighted by molar-refractivity contribution is 5.75. The van der Waals surface area contributed by atoms with Crippen LogP contribution in [0, 0.1) is 23.2 Å². The maximum atomic E-state index is 11.4. The predicted molar refractivity (Wildman–Crippen MR) is 59.2 cm³/mol. The zero-order valence-corrected chi connectivity index (χ0v) is 10.3. The standard InChI is InChI=1S/C12H24O2/c1-7-12(9(4)5,11(13)14)10(6)8(2)3/h8-10H,7H2,1-6H3,(H,13,14). The molecule has 0 saturated heterocycles. The molecule has 0 saturated carbocycles. The Labute approximate surface area is 87.7 Å². The van der Waals surface area contributed by atoms with Crippen LogP contribution >= 0.6 is 0 Å². The molecular weight excluding hydrogens is 176 g/mol. The molecule has 0 spiro atoms. The highest BCUT2D eigenvalue weighted by Crippen LogP contribution is 2.42. The summed E-state index contributed by atoms with van der Waals surface area (Å²) in [4.78, 5) is 11.4. The first-order valence-corrected chi connectivity index (χ1v) is 5.54. The van der Waals surface area contributed by atoms with Crippen LogP contribution in [-0.2, 0) is 4.79 Å². The molecule has 2 nitrogen and oxygen atoms in total. The maximum absolute atomic E-state index is 11.4. The van der Waals surface area contributed by atoms with Gasteiger partial charge in [-0.3, -0.25) is 4.79 Å². The van der Waals surface area contributed by atoms with E-state index in [1.54, 1.807) is 0 Å². The lowest BCUT2D eigenvalue weighted by molar-refractivity contribution is -0.158. The first-order chi connectivity index (χ1) is 6.30. The van der Waals surface area contributed by atoms with Crippen LogP contribution < -0.4 is 0 Å². The molecule has 0 aliphatic carbocycles. The molecule has 0 aromatic heterocycles. The van der Waals surface area contributed by atoms with E-state index in [2.05, 4.69) is 20.8 Å². The van der Waals surface area contributed by atoms with E-state index < -0.39 is 11.4 Å². The molecule has 0 aliphatic heterocycles. The van der Waals surface area contributed by atoms with Gasteiger partial charge in [0, 0.05) is 0 Å². The van der Waals surface area contributed by atoms with Gasteiger partial charge in [0.25, 0.3) is 0 Å². The molecule has 14 heavy (non-hydrogen) atoms. The Kier molecular flexibility index (Phi) is 4.63. The Morgan fingerprint density at radius 2 is 1.64 bits per heavy atom. The van der Waals surface area contributed by atoms with Gasteiger partial charge in [-0.05, 0) is 24.2 Å². The Morgan fingerprint density at radius 3 is 1.71 bits per heavy atom. The maximum Gasteiger partial charge on any atom is 0.310 e. The monoisotopic (exact) mass is 200 g/mol. The highest BCUT2D eigenvalue weighted by Gasteiger charge is 2.45. The topological polar surface area (TPSA) is 37.3 Å². The summed E-state index contributed by atoms with van der Waals surface area (Å²) in [5.41, 5.74) is -0.561. The van der Waals surface area contributed by atoms with E-state index >= 15 is 0 Å². The number of aliphatic carboxylic acids is 1. The second-order valence-electron chi connectivity index (χ2n) is 4.89. The molecule has 0 rings (SSSR count). The van der Waals surface area contributed by atoms with Crippen LogP contribution in [0.1, 0.15) is 48.0 Å². The van der Waals surface area contributed by atoms with E-state index in [4.69, 9.17) is 0 Å². The van der Waals surface area contributed by atoms with Crippen LogP contribution in [0.15, 0.2) is 0 Å². The van der Waals surface area contributed by atoms with Crippen LogP contribution in [0.5, 0.6) is 0 Å². The van der Waals surface area contributed by atoms with Crippen molar-refractivity contribution in [2.75, 3.05) is 0 Å². The van der Waals surface area contributed by atoms with Gasteiger partial charge in [0.1, 0.15) is 0 Å². The van der Waals surface area contributed by atoms with Crippen molar-refractivity contribution in [1.82, 2.24) is 0 Å². The van der Waals surface area contributed by atoms with E-state index in [1.165, 1.54) is 0 Å². The van der Waals surface area contributed by atoms with E-state index in [0.29, 0.717) is 12.3 Å². The summed E-state index contributed by atoms with van der Waals surface area (Å²) in [5, 5.41) is 9.41. The lowest BCUT2D eigenvalue weighted by Gasteiger charge is -2.40. The molecule has 0 amide bonds. The molecule has 2 atom stereocenters. The van der Waals surface area contributed by atoms with E-state index in [1.807, 2.05) is 20.8 Å². The van der Waals surface area contributed by atoms with Gasteiger partial charge < -0.3 is 5.11 Å². The van der Waals surface area contributed by atoms with Gasteiger partial charge in [0.2, 0.25) is 0 Å².